The first-order valence-corrected chi connectivity index (χ1v) is 7.08. The van der Waals surface area contributed by atoms with Gasteiger partial charge in [0.15, 0.2) is 0 Å². The highest BCUT2D eigenvalue weighted by atomic mass is 35.5. The van der Waals surface area contributed by atoms with Gasteiger partial charge in [0.1, 0.15) is 0 Å². The average molecular weight is 268 g/mol. The Morgan fingerprint density at radius 1 is 1.22 bits per heavy atom. The van der Waals surface area contributed by atoms with Crippen LogP contribution in [0, 0.1) is 11.8 Å². The van der Waals surface area contributed by atoms with Gasteiger partial charge in [0.25, 0.3) is 0 Å². The van der Waals surface area contributed by atoms with Gasteiger partial charge in [-0.15, -0.1) is 0 Å². The fourth-order valence-corrected chi connectivity index (χ4v) is 3.17. The number of rotatable bonds is 3. The number of halogens is 1. The largest absolute Gasteiger partial charge is 0.398 e. The number of nitrogens with two attached hydrogens (primary N) is 1. The quantitative estimate of drug-likeness (QED) is 0.831. The minimum atomic E-state index is 0.347. The van der Waals surface area contributed by atoms with E-state index in [1.54, 1.807) is 0 Å². The summed E-state index contributed by atoms with van der Waals surface area (Å²) >= 11 is 6.14. The van der Waals surface area contributed by atoms with Crippen LogP contribution in [0.5, 0.6) is 0 Å². The van der Waals surface area contributed by atoms with Gasteiger partial charge in [-0.1, -0.05) is 31.5 Å². The monoisotopic (exact) mass is 267 g/mol. The van der Waals surface area contributed by atoms with Gasteiger partial charge < -0.3 is 10.5 Å². The lowest BCUT2D eigenvalue weighted by atomic mass is 9.82. The number of ether oxygens (including phenoxy) is 1. The summed E-state index contributed by atoms with van der Waals surface area (Å²) in [4.78, 5) is 0. The van der Waals surface area contributed by atoms with Gasteiger partial charge in [0.05, 0.1) is 12.7 Å². The molecule has 1 aromatic rings. The number of benzene rings is 1. The van der Waals surface area contributed by atoms with Gasteiger partial charge in [-0.25, -0.2) is 0 Å². The van der Waals surface area contributed by atoms with Crippen LogP contribution in [0.1, 0.15) is 38.7 Å². The van der Waals surface area contributed by atoms with Crippen LogP contribution in [-0.2, 0) is 11.3 Å². The molecule has 0 aromatic heterocycles. The van der Waals surface area contributed by atoms with Crippen LogP contribution < -0.4 is 5.73 Å². The van der Waals surface area contributed by atoms with Crippen LogP contribution in [0.15, 0.2) is 18.2 Å². The van der Waals surface area contributed by atoms with E-state index in [1.807, 2.05) is 18.2 Å². The Kier molecular flexibility index (Phi) is 4.52. The number of anilines is 1. The van der Waals surface area contributed by atoms with Gasteiger partial charge in [-0.05, 0) is 43.2 Å². The van der Waals surface area contributed by atoms with Crippen LogP contribution >= 0.6 is 11.6 Å². The van der Waals surface area contributed by atoms with E-state index >= 15 is 0 Å². The second-order valence-electron chi connectivity index (χ2n) is 5.66. The summed E-state index contributed by atoms with van der Waals surface area (Å²) < 4.78 is 6.01. The molecule has 0 saturated heterocycles. The first-order chi connectivity index (χ1) is 8.56. The van der Waals surface area contributed by atoms with E-state index in [9.17, 15) is 0 Å². The van der Waals surface area contributed by atoms with Crippen molar-refractivity contribution in [3.05, 3.63) is 28.8 Å². The minimum absolute atomic E-state index is 0.347. The molecular formula is C15H22ClNO. The smallest absolute Gasteiger partial charge is 0.0755 e. The van der Waals surface area contributed by atoms with Crippen molar-refractivity contribution in [2.45, 2.75) is 45.8 Å². The molecule has 18 heavy (non-hydrogen) atoms. The molecule has 2 nitrogen and oxygen atoms in total. The Labute approximate surface area is 114 Å². The van der Waals surface area contributed by atoms with Crippen molar-refractivity contribution in [3.8, 4) is 0 Å². The highest BCUT2D eigenvalue weighted by Gasteiger charge is 2.24. The molecule has 2 atom stereocenters. The summed E-state index contributed by atoms with van der Waals surface area (Å²) in [5.74, 6) is 1.50. The fraction of sp³-hybridized carbons (Fsp3) is 0.600. The third kappa shape index (κ3) is 3.39. The number of hydrogen-bond acceptors (Lipinski definition) is 2. The second kappa shape index (κ2) is 5.94. The summed E-state index contributed by atoms with van der Waals surface area (Å²) in [6.07, 6.45) is 3.96. The highest BCUT2D eigenvalue weighted by molar-refractivity contribution is 6.31. The zero-order valence-electron chi connectivity index (χ0n) is 11.2. The Morgan fingerprint density at radius 2 is 1.89 bits per heavy atom. The van der Waals surface area contributed by atoms with Crippen LogP contribution in [0.4, 0.5) is 5.69 Å². The summed E-state index contributed by atoms with van der Waals surface area (Å²) in [6.45, 7) is 5.13. The predicted octanol–water partition coefficient (Wildman–Crippen LogP) is 4.26. The molecule has 0 aliphatic heterocycles. The van der Waals surface area contributed by atoms with E-state index in [-0.39, 0.29) is 0 Å². The lowest BCUT2D eigenvalue weighted by molar-refractivity contribution is -0.00888. The number of hydrogen-bond donors (Lipinski definition) is 1. The van der Waals surface area contributed by atoms with Crippen molar-refractivity contribution in [3.63, 3.8) is 0 Å². The lowest BCUT2D eigenvalue weighted by Gasteiger charge is -2.31. The molecule has 1 saturated carbocycles. The molecule has 2 rings (SSSR count). The van der Waals surface area contributed by atoms with Crippen molar-refractivity contribution in [2.24, 2.45) is 11.8 Å². The van der Waals surface area contributed by atoms with E-state index in [0.29, 0.717) is 17.7 Å². The Hall–Kier alpha value is -0.730. The maximum atomic E-state index is 6.14. The van der Waals surface area contributed by atoms with Crippen LogP contribution in [0.2, 0.25) is 5.02 Å². The van der Waals surface area contributed by atoms with E-state index < -0.39 is 0 Å². The Morgan fingerprint density at radius 3 is 2.50 bits per heavy atom. The summed E-state index contributed by atoms with van der Waals surface area (Å²) in [5, 5.41) is 0.701. The molecule has 1 fully saturated rings. The second-order valence-corrected chi connectivity index (χ2v) is 6.07. The Balaban J connectivity index is 1.95. The third-order valence-corrected chi connectivity index (χ3v) is 4.11. The summed E-state index contributed by atoms with van der Waals surface area (Å²) in [7, 11) is 0. The van der Waals surface area contributed by atoms with Crippen molar-refractivity contribution in [1.29, 1.82) is 0 Å². The molecule has 0 spiro atoms. The maximum Gasteiger partial charge on any atom is 0.0755 e. The van der Waals surface area contributed by atoms with Gasteiger partial charge in [0, 0.05) is 16.3 Å². The van der Waals surface area contributed by atoms with Crippen LogP contribution in [0.3, 0.4) is 0 Å². The fourth-order valence-electron chi connectivity index (χ4n) is 2.94. The molecule has 1 aliphatic carbocycles. The zero-order chi connectivity index (χ0) is 13.1. The third-order valence-electron chi connectivity index (χ3n) is 3.75. The molecule has 1 aromatic carbocycles. The predicted molar refractivity (Wildman–Crippen MR) is 76.6 cm³/mol. The molecular weight excluding hydrogens is 246 g/mol. The van der Waals surface area contributed by atoms with Gasteiger partial charge >= 0.3 is 0 Å². The topological polar surface area (TPSA) is 35.2 Å². The van der Waals surface area contributed by atoms with E-state index in [0.717, 1.165) is 35.9 Å². The molecule has 3 heteroatoms. The average Bonchev–Trinajstić information content (AvgIpc) is 2.27. The Bertz CT molecular complexity index is 377. The first-order valence-electron chi connectivity index (χ1n) is 6.70. The normalized spacial score (nSPS) is 28.3. The summed E-state index contributed by atoms with van der Waals surface area (Å²) in [5.41, 5.74) is 7.57. The lowest BCUT2D eigenvalue weighted by Crippen LogP contribution is -2.26. The van der Waals surface area contributed by atoms with Crippen molar-refractivity contribution in [1.82, 2.24) is 0 Å². The standard InChI is InChI=1S/C15H22ClNO/c1-10-6-11(2)8-12(7-10)18-9-13-14(16)4-3-5-15(13)17/h3-5,10-12H,6-9,17H2,1-2H3. The van der Waals surface area contributed by atoms with Crippen molar-refractivity contribution in [2.75, 3.05) is 5.73 Å². The van der Waals surface area contributed by atoms with Gasteiger partial charge in [-0.3, -0.25) is 0 Å². The molecule has 1 aliphatic rings. The van der Waals surface area contributed by atoms with Crippen molar-refractivity contribution >= 4 is 17.3 Å². The van der Waals surface area contributed by atoms with Crippen LogP contribution in [-0.4, -0.2) is 6.10 Å². The van der Waals surface area contributed by atoms with Gasteiger partial charge in [-0.2, -0.15) is 0 Å². The molecule has 0 amide bonds. The first kappa shape index (κ1) is 13.7. The van der Waals surface area contributed by atoms with Crippen LogP contribution in [0.25, 0.3) is 0 Å². The zero-order valence-corrected chi connectivity index (χ0v) is 11.9. The van der Waals surface area contributed by atoms with E-state index in [1.165, 1.54) is 6.42 Å². The van der Waals surface area contributed by atoms with Gasteiger partial charge in [0.2, 0.25) is 0 Å². The molecule has 0 radical (unpaired) electrons. The molecule has 2 unspecified atom stereocenters. The van der Waals surface area contributed by atoms with Crippen molar-refractivity contribution < 1.29 is 4.74 Å². The maximum absolute atomic E-state index is 6.14. The van der Waals surface area contributed by atoms with E-state index in [4.69, 9.17) is 22.1 Å². The molecule has 0 bridgehead atoms. The minimum Gasteiger partial charge on any atom is -0.398 e. The summed E-state index contributed by atoms with van der Waals surface area (Å²) in [6, 6.07) is 5.60. The number of nitrogen functional groups attached to an aromatic ring is 1. The molecule has 100 valence electrons. The SMILES string of the molecule is CC1CC(C)CC(OCc2c(N)cccc2Cl)C1. The highest BCUT2D eigenvalue weighted by Crippen LogP contribution is 2.32. The molecule has 0 heterocycles. The van der Waals surface area contributed by atoms with E-state index in [2.05, 4.69) is 13.8 Å². The molecule has 2 N–H and O–H groups in total.